The number of amides is 1. The quantitative estimate of drug-likeness (QED) is 0.877. The predicted molar refractivity (Wildman–Crippen MR) is 92.8 cm³/mol. The topological polar surface area (TPSA) is 97.3 Å². The van der Waals surface area contributed by atoms with Gasteiger partial charge in [-0.25, -0.2) is 9.78 Å². The minimum atomic E-state index is -0.539. The molecule has 1 aliphatic heterocycles. The molecule has 0 bridgehead atoms. The number of carbonyl (C=O) groups is 1. The fraction of sp³-hybridized carbons (Fsp3) is 0.529. The number of pyridine rings is 1. The third-order valence-corrected chi connectivity index (χ3v) is 4.42. The first-order valence-corrected chi connectivity index (χ1v) is 8.51. The van der Waals surface area contributed by atoms with Gasteiger partial charge in [0.05, 0.1) is 17.1 Å². The number of nitrogens with one attached hydrogen (secondary N) is 1. The van der Waals surface area contributed by atoms with Crippen molar-refractivity contribution in [2.75, 3.05) is 19.7 Å². The number of piperidine rings is 1. The molecule has 0 unspecified atom stereocenters. The highest BCUT2D eigenvalue weighted by molar-refractivity contribution is 5.96. The van der Waals surface area contributed by atoms with E-state index in [2.05, 4.69) is 16.9 Å². The number of hydrogen-bond donors (Lipinski definition) is 1. The van der Waals surface area contributed by atoms with Crippen molar-refractivity contribution >= 4 is 16.9 Å². The van der Waals surface area contributed by atoms with E-state index in [0.29, 0.717) is 25.3 Å². The van der Waals surface area contributed by atoms with Gasteiger partial charge in [-0.2, -0.15) is 0 Å². The largest absolute Gasteiger partial charge is 0.376 e. The van der Waals surface area contributed by atoms with Gasteiger partial charge < -0.3 is 9.64 Å². The van der Waals surface area contributed by atoms with Crippen molar-refractivity contribution in [3.63, 3.8) is 0 Å². The number of carbonyl (C=O) groups excluding carboxylic acids is 1. The molecule has 8 heteroatoms. The molecule has 1 amide bonds. The molecule has 1 N–H and O–H groups in total. The zero-order valence-electron chi connectivity index (χ0n) is 14.4. The summed E-state index contributed by atoms with van der Waals surface area (Å²) in [5, 5.41) is 0.226. The molecule has 1 fully saturated rings. The van der Waals surface area contributed by atoms with Crippen LogP contribution >= 0.6 is 0 Å². The maximum atomic E-state index is 12.8. The number of likely N-dealkylation sites (tertiary alicyclic amines) is 1. The first-order chi connectivity index (χ1) is 12.0. The lowest BCUT2D eigenvalue weighted by atomic mass is 10.1. The molecule has 1 saturated heterocycles. The van der Waals surface area contributed by atoms with Gasteiger partial charge in [-0.1, -0.05) is 6.92 Å². The van der Waals surface area contributed by atoms with Crippen LogP contribution in [0.3, 0.4) is 0 Å². The third-order valence-electron chi connectivity index (χ3n) is 4.42. The Morgan fingerprint density at radius 3 is 3.00 bits per heavy atom. The summed E-state index contributed by atoms with van der Waals surface area (Å²) in [7, 11) is 1.52. The Morgan fingerprint density at radius 2 is 2.24 bits per heavy atom. The second-order valence-electron chi connectivity index (χ2n) is 6.30. The lowest BCUT2D eigenvalue weighted by Gasteiger charge is -2.32. The van der Waals surface area contributed by atoms with Crippen LogP contribution in [0, 0.1) is 0 Å². The Labute approximate surface area is 144 Å². The van der Waals surface area contributed by atoms with Crippen LogP contribution in [-0.4, -0.2) is 51.1 Å². The zero-order valence-corrected chi connectivity index (χ0v) is 14.4. The summed E-state index contributed by atoms with van der Waals surface area (Å²) in [6, 6.07) is 1.50. The van der Waals surface area contributed by atoms with Crippen molar-refractivity contribution in [1.82, 2.24) is 19.4 Å². The normalized spacial score (nSPS) is 17.8. The first-order valence-electron chi connectivity index (χ1n) is 8.51. The number of H-pyrrole nitrogens is 1. The molecule has 3 heterocycles. The standard InChI is InChI=1S/C17H22N4O4/c1-3-7-25-12-5-4-6-21(10-12)16(23)11-8-13-14(18-9-11)20(2)17(24)19-15(13)22/h8-9,12H,3-7,10H2,1-2H3,(H,19,22,24)/t12-/m1/s1. The van der Waals surface area contributed by atoms with E-state index in [9.17, 15) is 14.4 Å². The lowest BCUT2D eigenvalue weighted by Crippen LogP contribution is -2.43. The summed E-state index contributed by atoms with van der Waals surface area (Å²) in [6.45, 7) is 3.94. The second kappa shape index (κ2) is 7.18. The van der Waals surface area contributed by atoms with Gasteiger partial charge in [0.2, 0.25) is 0 Å². The van der Waals surface area contributed by atoms with E-state index in [4.69, 9.17) is 4.74 Å². The maximum Gasteiger partial charge on any atom is 0.329 e. The minimum Gasteiger partial charge on any atom is -0.376 e. The predicted octanol–water partition coefficient (Wildman–Crippen LogP) is 0.653. The smallest absolute Gasteiger partial charge is 0.329 e. The molecule has 0 saturated carbocycles. The average molecular weight is 346 g/mol. The summed E-state index contributed by atoms with van der Waals surface area (Å²) in [5.74, 6) is -0.174. The second-order valence-corrected chi connectivity index (χ2v) is 6.30. The first kappa shape index (κ1) is 17.3. The van der Waals surface area contributed by atoms with Crippen molar-refractivity contribution in [2.24, 2.45) is 7.05 Å². The van der Waals surface area contributed by atoms with E-state index in [-0.39, 0.29) is 23.0 Å². The number of aryl methyl sites for hydroxylation is 1. The minimum absolute atomic E-state index is 0.0512. The van der Waals surface area contributed by atoms with Gasteiger partial charge in [-0.15, -0.1) is 0 Å². The molecule has 0 aromatic carbocycles. The molecule has 25 heavy (non-hydrogen) atoms. The lowest BCUT2D eigenvalue weighted by molar-refractivity contribution is 0.00210. The molecule has 0 radical (unpaired) electrons. The fourth-order valence-corrected chi connectivity index (χ4v) is 3.08. The van der Waals surface area contributed by atoms with Crippen LogP contribution in [0.5, 0.6) is 0 Å². The number of ether oxygens (including phenoxy) is 1. The fourth-order valence-electron chi connectivity index (χ4n) is 3.08. The number of rotatable bonds is 4. The Hall–Kier alpha value is -2.48. The molecule has 3 rings (SSSR count). The number of aromatic nitrogens is 3. The summed E-state index contributed by atoms with van der Waals surface area (Å²) in [6.07, 6.45) is 4.24. The van der Waals surface area contributed by atoms with Crippen LogP contribution in [0.25, 0.3) is 11.0 Å². The van der Waals surface area contributed by atoms with Crippen LogP contribution in [-0.2, 0) is 11.8 Å². The van der Waals surface area contributed by atoms with Gasteiger partial charge in [0.15, 0.2) is 0 Å². The van der Waals surface area contributed by atoms with E-state index in [0.717, 1.165) is 19.3 Å². The Bertz CT molecular complexity index is 902. The molecule has 2 aromatic rings. The molecule has 8 nitrogen and oxygen atoms in total. The van der Waals surface area contributed by atoms with Crippen molar-refractivity contribution in [1.29, 1.82) is 0 Å². The summed E-state index contributed by atoms with van der Waals surface area (Å²) in [5.41, 5.74) is -0.472. The van der Waals surface area contributed by atoms with Gasteiger partial charge in [-0.05, 0) is 25.3 Å². The molecule has 0 spiro atoms. The van der Waals surface area contributed by atoms with Crippen molar-refractivity contribution in [3.05, 3.63) is 38.7 Å². The van der Waals surface area contributed by atoms with E-state index < -0.39 is 11.2 Å². The monoisotopic (exact) mass is 346 g/mol. The zero-order chi connectivity index (χ0) is 18.0. The summed E-state index contributed by atoms with van der Waals surface area (Å²) >= 11 is 0. The van der Waals surface area contributed by atoms with E-state index >= 15 is 0 Å². The molecule has 0 aliphatic carbocycles. The SMILES string of the molecule is CCCO[C@@H]1CCCN(C(=O)c2cnc3c(c2)c(=O)[nH]c(=O)n3C)C1. The van der Waals surface area contributed by atoms with Crippen LogP contribution in [0.15, 0.2) is 21.9 Å². The van der Waals surface area contributed by atoms with E-state index in [1.54, 1.807) is 4.90 Å². The van der Waals surface area contributed by atoms with E-state index in [1.165, 1.54) is 23.9 Å². The average Bonchev–Trinajstić information content (AvgIpc) is 2.63. The highest BCUT2D eigenvalue weighted by Gasteiger charge is 2.25. The van der Waals surface area contributed by atoms with Gasteiger partial charge in [0.25, 0.3) is 11.5 Å². The number of aromatic amines is 1. The highest BCUT2D eigenvalue weighted by atomic mass is 16.5. The van der Waals surface area contributed by atoms with Crippen molar-refractivity contribution < 1.29 is 9.53 Å². The van der Waals surface area contributed by atoms with Gasteiger partial charge in [0.1, 0.15) is 5.65 Å². The van der Waals surface area contributed by atoms with Gasteiger partial charge in [-0.3, -0.25) is 19.1 Å². The Morgan fingerprint density at radius 1 is 1.44 bits per heavy atom. The van der Waals surface area contributed by atoms with Crippen LogP contribution < -0.4 is 11.2 Å². The van der Waals surface area contributed by atoms with Crippen molar-refractivity contribution in [3.8, 4) is 0 Å². The van der Waals surface area contributed by atoms with Crippen LogP contribution in [0.2, 0.25) is 0 Å². The Balaban J connectivity index is 1.87. The van der Waals surface area contributed by atoms with E-state index in [1.807, 2.05) is 0 Å². The number of hydrogen-bond acceptors (Lipinski definition) is 5. The maximum absolute atomic E-state index is 12.8. The summed E-state index contributed by atoms with van der Waals surface area (Å²) in [4.78, 5) is 44.5. The molecule has 1 aliphatic rings. The van der Waals surface area contributed by atoms with Gasteiger partial charge >= 0.3 is 5.69 Å². The molecule has 1 atom stereocenters. The van der Waals surface area contributed by atoms with Crippen LogP contribution in [0.4, 0.5) is 0 Å². The van der Waals surface area contributed by atoms with Gasteiger partial charge in [0, 0.05) is 32.9 Å². The summed E-state index contributed by atoms with van der Waals surface area (Å²) < 4.78 is 7.01. The van der Waals surface area contributed by atoms with Crippen molar-refractivity contribution in [2.45, 2.75) is 32.3 Å². The van der Waals surface area contributed by atoms with Crippen LogP contribution in [0.1, 0.15) is 36.5 Å². The number of nitrogens with zero attached hydrogens (tertiary/aromatic N) is 3. The highest BCUT2D eigenvalue weighted by Crippen LogP contribution is 2.17. The number of fused-ring (bicyclic) bond motifs is 1. The Kier molecular flexibility index (Phi) is 4.98. The third kappa shape index (κ3) is 3.48. The molecule has 2 aromatic heterocycles. The molecular formula is C17H22N4O4. The molecule has 134 valence electrons. The molecular weight excluding hydrogens is 324 g/mol.